The summed E-state index contributed by atoms with van der Waals surface area (Å²) in [5.74, 6) is -0.238. The maximum atomic E-state index is 13.0. The molecule has 1 aromatic rings. The summed E-state index contributed by atoms with van der Waals surface area (Å²) in [5.41, 5.74) is -0.515. The zero-order valence-corrected chi connectivity index (χ0v) is 16.9. The summed E-state index contributed by atoms with van der Waals surface area (Å²) in [6, 6.07) is 0.185. The minimum absolute atomic E-state index is 0. The molecule has 3 heterocycles. The predicted molar refractivity (Wildman–Crippen MR) is 100 cm³/mol. The van der Waals surface area contributed by atoms with Gasteiger partial charge < -0.3 is 14.9 Å². The summed E-state index contributed by atoms with van der Waals surface area (Å²) < 4.78 is 40.2. The van der Waals surface area contributed by atoms with E-state index in [1.54, 1.807) is 0 Å². The Morgan fingerprint density at radius 3 is 2.47 bits per heavy atom. The average molecular weight is 432 g/mol. The van der Waals surface area contributed by atoms with Gasteiger partial charge in [0, 0.05) is 32.1 Å². The van der Waals surface area contributed by atoms with Crippen LogP contribution in [-0.4, -0.2) is 67.2 Å². The largest absolute Gasteiger partial charge is 0.451 e. The van der Waals surface area contributed by atoms with Crippen LogP contribution in [0.25, 0.3) is 0 Å². The SMILES string of the molecule is CC1CC(=O)N(C2(CN=O)CCC(N3CCn4c(nnc4C(F)(F)F)C3)CC2)C1.O. The van der Waals surface area contributed by atoms with Crippen LogP contribution in [0.3, 0.4) is 0 Å². The molecular formula is C18H27F3N6O3. The second-order valence-electron chi connectivity index (χ2n) is 8.62. The molecule has 0 bridgehead atoms. The van der Waals surface area contributed by atoms with Gasteiger partial charge in [0.15, 0.2) is 0 Å². The number of rotatable bonds is 4. The number of amides is 1. The quantitative estimate of drug-likeness (QED) is 0.671. The van der Waals surface area contributed by atoms with Gasteiger partial charge in [-0.15, -0.1) is 10.2 Å². The first kappa shape index (κ1) is 22.6. The van der Waals surface area contributed by atoms with Crippen LogP contribution >= 0.6 is 0 Å². The van der Waals surface area contributed by atoms with E-state index >= 15 is 0 Å². The van der Waals surface area contributed by atoms with Crippen LogP contribution in [0, 0.1) is 10.8 Å². The molecule has 168 valence electrons. The highest BCUT2D eigenvalue weighted by atomic mass is 19.4. The van der Waals surface area contributed by atoms with Crippen molar-refractivity contribution in [3.63, 3.8) is 0 Å². The highest BCUT2D eigenvalue weighted by Gasteiger charge is 2.47. The fourth-order valence-corrected chi connectivity index (χ4v) is 5.18. The van der Waals surface area contributed by atoms with Gasteiger partial charge in [-0.05, 0) is 31.6 Å². The van der Waals surface area contributed by atoms with Gasteiger partial charge in [-0.1, -0.05) is 12.1 Å². The molecule has 0 radical (unpaired) electrons. The van der Waals surface area contributed by atoms with E-state index in [2.05, 4.69) is 20.3 Å². The molecule has 1 atom stereocenters. The Bertz CT molecular complexity index is 791. The normalized spacial score (nSPS) is 30.1. The first-order valence-electron chi connectivity index (χ1n) is 10.1. The van der Waals surface area contributed by atoms with E-state index in [4.69, 9.17) is 0 Å². The summed E-state index contributed by atoms with van der Waals surface area (Å²) >= 11 is 0. The van der Waals surface area contributed by atoms with Crippen molar-refractivity contribution < 1.29 is 23.4 Å². The van der Waals surface area contributed by atoms with Gasteiger partial charge in [-0.25, -0.2) is 0 Å². The van der Waals surface area contributed by atoms with Gasteiger partial charge in [0.25, 0.3) is 0 Å². The molecule has 1 saturated carbocycles. The number of fused-ring (bicyclic) bond motifs is 1. The van der Waals surface area contributed by atoms with Crippen LogP contribution in [0.1, 0.15) is 50.7 Å². The van der Waals surface area contributed by atoms with Crippen molar-refractivity contribution in [2.45, 2.75) is 69.9 Å². The van der Waals surface area contributed by atoms with Gasteiger partial charge in [0.2, 0.25) is 11.7 Å². The first-order chi connectivity index (χ1) is 13.7. The molecule has 0 aromatic carbocycles. The van der Waals surface area contributed by atoms with Crippen molar-refractivity contribution in [1.82, 2.24) is 24.6 Å². The number of alkyl halides is 3. The van der Waals surface area contributed by atoms with Gasteiger partial charge in [0.05, 0.1) is 12.1 Å². The lowest BCUT2D eigenvalue weighted by Crippen LogP contribution is -2.56. The van der Waals surface area contributed by atoms with Crippen LogP contribution < -0.4 is 0 Å². The van der Waals surface area contributed by atoms with Crippen molar-refractivity contribution in [3.05, 3.63) is 16.6 Å². The molecule has 2 N–H and O–H groups in total. The Balaban J connectivity index is 0.00000256. The van der Waals surface area contributed by atoms with Crippen LogP contribution in [0.4, 0.5) is 13.2 Å². The molecule has 0 spiro atoms. The number of nitroso groups, excluding NO2 is 1. The fourth-order valence-electron chi connectivity index (χ4n) is 5.18. The average Bonchev–Trinajstić information content (AvgIpc) is 3.24. The molecule has 12 heteroatoms. The lowest BCUT2D eigenvalue weighted by atomic mass is 9.77. The Morgan fingerprint density at radius 1 is 1.20 bits per heavy atom. The molecule has 1 amide bonds. The van der Waals surface area contributed by atoms with Crippen molar-refractivity contribution in [2.75, 3.05) is 19.6 Å². The number of likely N-dealkylation sites (tertiary alicyclic amines) is 1. The molecule has 2 fully saturated rings. The molecule has 1 aliphatic carbocycles. The highest BCUT2D eigenvalue weighted by molar-refractivity contribution is 5.79. The number of hydrogen-bond donors (Lipinski definition) is 0. The van der Waals surface area contributed by atoms with Crippen LogP contribution in [-0.2, 0) is 24.1 Å². The Morgan fingerprint density at radius 2 is 1.90 bits per heavy atom. The van der Waals surface area contributed by atoms with Gasteiger partial charge in [-0.3, -0.25) is 9.69 Å². The fraction of sp³-hybridized carbons (Fsp3) is 0.833. The van der Waals surface area contributed by atoms with Crippen LogP contribution in [0.15, 0.2) is 5.18 Å². The zero-order valence-electron chi connectivity index (χ0n) is 16.9. The number of carbonyl (C=O) groups is 1. The Labute approximate surface area is 171 Å². The van der Waals surface area contributed by atoms with E-state index in [1.165, 1.54) is 0 Å². The van der Waals surface area contributed by atoms with E-state index in [9.17, 15) is 22.9 Å². The minimum Gasteiger partial charge on any atom is -0.412 e. The number of nitrogens with zero attached hydrogens (tertiary/aromatic N) is 6. The van der Waals surface area contributed by atoms with Crippen LogP contribution in [0.2, 0.25) is 0 Å². The number of carbonyl (C=O) groups excluding carboxylic acids is 1. The summed E-state index contributed by atoms with van der Waals surface area (Å²) in [7, 11) is 0. The number of hydrogen-bond acceptors (Lipinski definition) is 6. The van der Waals surface area contributed by atoms with E-state index in [0.717, 1.165) is 17.4 Å². The summed E-state index contributed by atoms with van der Waals surface area (Å²) in [5, 5.41) is 10.2. The van der Waals surface area contributed by atoms with Crippen molar-refractivity contribution in [3.8, 4) is 0 Å². The molecule has 1 saturated heterocycles. The van der Waals surface area contributed by atoms with E-state index in [-0.39, 0.29) is 36.4 Å². The Kier molecular flexibility index (Phi) is 6.19. The van der Waals surface area contributed by atoms with E-state index in [0.29, 0.717) is 44.7 Å². The van der Waals surface area contributed by atoms with Crippen molar-refractivity contribution >= 4 is 5.91 Å². The second kappa shape index (κ2) is 8.22. The summed E-state index contributed by atoms with van der Waals surface area (Å²) in [4.78, 5) is 27.6. The molecule has 4 rings (SSSR count). The smallest absolute Gasteiger partial charge is 0.412 e. The van der Waals surface area contributed by atoms with Crippen LogP contribution in [0.5, 0.6) is 0 Å². The maximum Gasteiger partial charge on any atom is 0.451 e. The van der Waals surface area contributed by atoms with E-state index in [1.807, 2.05) is 11.8 Å². The monoisotopic (exact) mass is 432 g/mol. The standard InChI is InChI=1S/C18H25F3N6O2.H2O/c1-12-8-15(28)27(9-12)17(11-22-29)4-2-13(3-5-17)25-6-7-26-14(10-25)23-24-16(26)18(19,20)21;/h12-13H,2-11H2,1H3;1H2. The highest BCUT2D eigenvalue weighted by Crippen LogP contribution is 2.40. The number of halogens is 3. The van der Waals surface area contributed by atoms with Crippen molar-refractivity contribution in [1.29, 1.82) is 0 Å². The van der Waals surface area contributed by atoms with Gasteiger partial charge in [0.1, 0.15) is 12.4 Å². The minimum atomic E-state index is -4.50. The molecule has 2 aliphatic heterocycles. The third-order valence-corrected chi connectivity index (χ3v) is 6.69. The summed E-state index contributed by atoms with van der Waals surface area (Å²) in [6.45, 7) is 3.82. The number of aromatic nitrogens is 3. The second-order valence-corrected chi connectivity index (χ2v) is 8.62. The van der Waals surface area contributed by atoms with E-state index < -0.39 is 17.5 Å². The molecule has 30 heavy (non-hydrogen) atoms. The molecule has 1 aromatic heterocycles. The first-order valence-corrected chi connectivity index (χ1v) is 10.1. The topological polar surface area (TPSA) is 115 Å². The lowest BCUT2D eigenvalue weighted by molar-refractivity contribution is -0.148. The third-order valence-electron chi connectivity index (χ3n) is 6.69. The van der Waals surface area contributed by atoms with Crippen molar-refractivity contribution in [2.24, 2.45) is 11.1 Å². The maximum absolute atomic E-state index is 13.0. The Hall–Kier alpha value is -2.08. The van der Waals surface area contributed by atoms with Gasteiger partial charge in [-0.2, -0.15) is 18.1 Å². The lowest BCUT2D eigenvalue weighted by Gasteiger charge is -2.47. The molecule has 9 nitrogen and oxygen atoms in total. The predicted octanol–water partition coefficient (Wildman–Crippen LogP) is 1.60. The molecule has 1 unspecified atom stereocenters. The van der Waals surface area contributed by atoms with Gasteiger partial charge >= 0.3 is 6.18 Å². The summed E-state index contributed by atoms with van der Waals surface area (Å²) in [6.07, 6.45) is -1.09. The third kappa shape index (κ3) is 3.94. The molecular weight excluding hydrogens is 405 g/mol. The molecule has 3 aliphatic rings. The zero-order chi connectivity index (χ0) is 20.8.